The maximum Gasteiger partial charge on any atom is 0.411 e. The van der Waals surface area contributed by atoms with Gasteiger partial charge in [0.05, 0.1) is 0 Å². The van der Waals surface area contributed by atoms with Crippen molar-refractivity contribution in [2.75, 3.05) is 26.3 Å². The molecular weight excluding hydrogens is 231 g/mol. The zero-order valence-corrected chi connectivity index (χ0v) is 9.98. The van der Waals surface area contributed by atoms with Gasteiger partial charge >= 0.3 is 6.18 Å². The molecule has 2 fully saturated rings. The fourth-order valence-corrected chi connectivity index (χ4v) is 3.12. The van der Waals surface area contributed by atoms with Crippen LogP contribution in [0.15, 0.2) is 0 Å². The highest BCUT2D eigenvalue weighted by Gasteiger charge is 2.44. The van der Waals surface area contributed by atoms with Crippen LogP contribution in [0.5, 0.6) is 0 Å². The Morgan fingerprint density at radius 1 is 1.18 bits per heavy atom. The number of rotatable bonds is 5. The molecule has 1 heterocycles. The number of nitrogens with one attached hydrogen (secondary N) is 1. The van der Waals surface area contributed by atoms with Crippen molar-refractivity contribution in [3.63, 3.8) is 0 Å². The molecule has 2 rings (SSSR count). The minimum atomic E-state index is -4.20. The lowest BCUT2D eigenvalue weighted by Crippen LogP contribution is -2.57. The van der Waals surface area contributed by atoms with Gasteiger partial charge < -0.3 is 10.1 Å². The highest BCUT2D eigenvalue weighted by Crippen LogP contribution is 2.44. The van der Waals surface area contributed by atoms with Gasteiger partial charge in [0.25, 0.3) is 0 Å². The van der Waals surface area contributed by atoms with Gasteiger partial charge in [-0.15, -0.1) is 0 Å². The first-order valence-corrected chi connectivity index (χ1v) is 6.37. The van der Waals surface area contributed by atoms with Crippen LogP contribution in [0.2, 0.25) is 0 Å². The predicted molar refractivity (Wildman–Crippen MR) is 58.8 cm³/mol. The third-order valence-electron chi connectivity index (χ3n) is 4.19. The molecule has 0 aromatic heterocycles. The van der Waals surface area contributed by atoms with Gasteiger partial charge in [0, 0.05) is 25.1 Å². The lowest BCUT2D eigenvalue weighted by atomic mass is 9.68. The van der Waals surface area contributed by atoms with Crippen molar-refractivity contribution < 1.29 is 17.9 Å². The van der Waals surface area contributed by atoms with E-state index in [1.807, 2.05) is 0 Å². The monoisotopic (exact) mass is 251 g/mol. The summed E-state index contributed by atoms with van der Waals surface area (Å²) in [5, 5.41) is 3.26. The topological polar surface area (TPSA) is 21.3 Å². The maximum atomic E-state index is 11.9. The molecule has 2 aliphatic rings. The molecule has 1 saturated heterocycles. The summed E-state index contributed by atoms with van der Waals surface area (Å²) in [6, 6.07) is 0. The second kappa shape index (κ2) is 5.14. The van der Waals surface area contributed by atoms with Crippen LogP contribution in [-0.2, 0) is 4.74 Å². The molecule has 0 unspecified atom stereocenters. The molecular formula is C12H20F3NO. The van der Waals surface area contributed by atoms with E-state index in [0.717, 1.165) is 19.5 Å². The van der Waals surface area contributed by atoms with Gasteiger partial charge in [0.2, 0.25) is 0 Å². The highest BCUT2D eigenvalue weighted by atomic mass is 19.4. The Labute approximate surface area is 99.9 Å². The molecule has 1 aliphatic heterocycles. The number of hydrogen-bond acceptors (Lipinski definition) is 2. The Kier molecular flexibility index (Phi) is 3.98. The van der Waals surface area contributed by atoms with E-state index in [1.54, 1.807) is 0 Å². The van der Waals surface area contributed by atoms with Crippen LogP contribution in [0.3, 0.4) is 0 Å². The SMILES string of the molecule is FC(F)(F)COCCC1(C2CCCC2)CNC1. The number of hydrogen-bond donors (Lipinski definition) is 1. The fourth-order valence-electron chi connectivity index (χ4n) is 3.12. The van der Waals surface area contributed by atoms with Crippen LogP contribution in [0.4, 0.5) is 13.2 Å². The normalized spacial score (nSPS) is 24.9. The molecule has 1 N–H and O–H groups in total. The minimum Gasteiger partial charge on any atom is -0.372 e. The zero-order chi connectivity index (χ0) is 12.4. The Hall–Kier alpha value is -0.290. The van der Waals surface area contributed by atoms with Crippen LogP contribution in [0.1, 0.15) is 32.1 Å². The molecule has 0 radical (unpaired) electrons. The van der Waals surface area contributed by atoms with E-state index in [4.69, 9.17) is 4.74 Å². The van der Waals surface area contributed by atoms with Crippen LogP contribution in [0, 0.1) is 11.3 Å². The number of ether oxygens (including phenoxy) is 1. The number of alkyl halides is 3. The van der Waals surface area contributed by atoms with E-state index in [0.29, 0.717) is 5.92 Å². The summed E-state index contributed by atoms with van der Waals surface area (Å²) < 4.78 is 40.5. The van der Waals surface area contributed by atoms with Crippen molar-refractivity contribution in [3.8, 4) is 0 Å². The largest absolute Gasteiger partial charge is 0.411 e. The lowest BCUT2D eigenvalue weighted by Gasteiger charge is -2.47. The third-order valence-corrected chi connectivity index (χ3v) is 4.19. The molecule has 17 heavy (non-hydrogen) atoms. The van der Waals surface area contributed by atoms with Crippen molar-refractivity contribution >= 4 is 0 Å². The van der Waals surface area contributed by atoms with Crippen LogP contribution < -0.4 is 5.32 Å². The summed E-state index contributed by atoms with van der Waals surface area (Å²) in [6.07, 6.45) is 1.59. The predicted octanol–water partition coefficient (Wildman–Crippen LogP) is 2.74. The van der Waals surface area contributed by atoms with Crippen molar-refractivity contribution in [2.24, 2.45) is 11.3 Å². The summed E-state index contributed by atoms with van der Waals surface area (Å²) in [7, 11) is 0. The Bertz CT molecular complexity index is 245. The van der Waals surface area contributed by atoms with E-state index < -0.39 is 12.8 Å². The van der Waals surface area contributed by atoms with Gasteiger partial charge in [-0.3, -0.25) is 0 Å². The van der Waals surface area contributed by atoms with Crippen molar-refractivity contribution in [2.45, 2.75) is 38.3 Å². The van der Waals surface area contributed by atoms with Gasteiger partial charge in [-0.1, -0.05) is 12.8 Å². The van der Waals surface area contributed by atoms with Gasteiger partial charge in [0.15, 0.2) is 0 Å². The van der Waals surface area contributed by atoms with Crippen LogP contribution in [-0.4, -0.2) is 32.5 Å². The van der Waals surface area contributed by atoms with E-state index in [2.05, 4.69) is 5.32 Å². The zero-order valence-electron chi connectivity index (χ0n) is 9.98. The minimum absolute atomic E-state index is 0.224. The van der Waals surface area contributed by atoms with Gasteiger partial charge in [-0.05, 0) is 25.2 Å². The smallest absolute Gasteiger partial charge is 0.372 e. The van der Waals surface area contributed by atoms with Gasteiger partial charge in [-0.25, -0.2) is 0 Å². The molecule has 5 heteroatoms. The lowest BCUT2D eigenvalue weighted by molar-refractivity contribution is -0.176. The molecule has 0 atom stereocenters. The average molecular weight is 251 g/mol. The van der Waals surface area contributed by atoms with Gasteiger partial charge in [-0.2, -0.15) is 13.2 Å². The molecule has 0 amide bonds. The highest BCUT2D eigenvalue weighted by molar-refractivity contribution is 4.98. The summed E-state index contributed by atoms with van der Waals surface area (Å²) in [5.74, 6) is 0.693. The fraction of sp³-hybridized carbons (Fsp3) is 1.00. The second-order valence-corrected chi connectivity index (χ2v) is 5.37. The first kappa shape index (κ1) is 13.1. The molecule has 100 valence electrons. The molecule has 2 nitrogen and oxygen atoms in total. The first-order chi connectivity index (χ1) is 8.02. The Balaban J connectivity index is 1.72. The molecule has 0 aromatic rings. The van der Waals surface area contributed by atoms with Crippen molar-refractivity contribution in [1.82, 2.24) is 5.32 Å². The molecule has 1 saturated carbocycles. The summed E-state index contributed by atoms with van der Waals surface area (Å²) >= 11 is 0. The quantitative estimate of drug-likeness (QED) is 0.759. The first-order valence-electron chi connectivity index (χ1n) is 6.37. The third kappa shape index (κ3) is 3.35. The summed E-state index contributed by atoms with van der Waals surface area (Å²) in [5.41, 5.74) is 0.224. The average Bonchev–Trinajstić information content (AvgIpc) is 2.67. The van der Waals surface area contributed by atoms with Crippen LogP contribution >= 0.6 is 0 Å². The van der Waals surface area contributed by atoms with Crippen LogP contribution in [0.25, 0.3) is 0 Å². The van der Waals surface area contributed by atoms with E-state index in [9.17, 15) is 13.2 Å². The standard InChI is InChI=1S/C12H20F3NO/c13-12(14,15)9-17-6-5-11(7-16-8-11)10-3-1-2-4-10/h10,16H,1-9H2. The molecule has 0 spiro atoms. The molecule has 0 aromatic carbocycles. The summed E-state index contributed by atoms with van der Waals surface area (Å²) in [4.78, 5) is 0. The number of halogens is 3. The van der Waals surface area contributed by atoms with Gasteiger partial charge in [0.1, 0.15) is 6.61 Å². The van der Waals surface area contributed by atoms with E-state index in [-0.39, 0.29) is 12.0 Å². The Morgan fingerprint density at radius 3 is 2.29 bits per heavy atom. The molecule has 0 bridgehead atoms. The van der Waals surface area contributed by atoms with E-state index >= 15 is 0 Å². The second-order valence-electron chi connectivity index (χ2n) is 5.37. The summed E-state index contributed by atoms with van der Waals surface area (Å²) in [6.45, 7) is 1.03. The van der Waals surface area contributed by atoms with Crippen molar-refractivity contribution in [3.05, 3.63) is 0 Å². The Morgan fingerprint density at radius 2 is 1.82 bits per heavy atom. The molecule has 1 aliphatic carbocycles. The van der Waals surface area contributed by atoms with Crippen molar-refractivity contribution in [1.29, 1.82) is 0 Å². The van der Waals surface area contributed by atoms with E-state index in [1.165, 1.54) is 25.7 Å². The maximum absolute atomic E-state index is 11.9.